The Balaban J connectivity index is 2.11. The second kappa shape index (κ2) is 6.61. The number of benzene rings is 1. The summed E-state index contributed by atoms with van der Waals surface area (Å²) in [7, 11) is 1.39. The molecule has 1 heterocycles. The topological polar surface area (TPSA) is 58.8 Å². The molecule has 0 atom stereocenters. The maximum atomic E-state index is 11.6. The fraction of sp³-hybridized carbons (Fsp3) is 0.533. The third kappa shape index (κ3) is 3.22. The van der Waals surface area contributed by atoms with Gasteiger partial charge in [0.2, 0.25) is 0 Å². The number of nitrogens with zero attached hydrogens (tertiary/aromatic N) is 2. The van der Waals surface area contributed by atoms with Crippen LogP contribution in [0, 0.1) is 0 Å². The molecule has 1 aromatic carbocycles. The van der Waals surface area contributed by atoms with Crippen molar-refractivity contribution in [3.05, 3.63) is 23.8 Å². The van der Waals surface area contributed by atoms with Crippen molar-refractivity contribution in [2.75, 3.05) is 50.5 Å². The second-order valence-corrected chi connectivity index (χ2v) is 5.09. The molecule has 1 saturated heterocycles. The van der Waals surface area contributed by atoms with Crippen LogP contribution < -0.4 is 10.6 Å². The molecule has 2 rings (SSSR count). The van der Waals surface area contributed by atoms with Gasteiger partial charge in [0.15, 0.2) is 0 Å². The molecule has 1 aromatic rings. The number of methoxy groups -OCH3 is 1. The first kappa shape index (κ1) is 14.7. The van der Waals surface area contributed by atoms with Crippen molar-refractivity contribution in [1.82, 2.24) is 4.90 Å². The largest absolute Gasteiger partial charge is 0.465 e. The van der Waals surface area contributed by atoms with E-state index in [0.717, 1.165) is 38.4 Å². The van der Waals surface area contributed by atoms with Gasteiger partial charge in [-0.1, -0.05) is 6.92 Å². The van der Waals surface area contributed by atoms with Crippen LogP contribution in [-0.4, -0.2) is 50.7 Å². The predicted octanol–water partition coefficient (Wildman–Crippen LogP) is 1.59. The van der Waals surface area contributed by atoms with E-state index in [1.54, 1.807) is 12.1 Å². The van der Waals surface area contributed by atoms with Crippen LogP contribution in [0.4, 0.5) is 11.4 Å². The highest BCUT2D eigenvalue weighted by Crippen LogP contribution is 2.26. The van der Waals surface area contributed by atoms with Crippen LogP contribution in [-0.2, 0) is 4.74 Å². The first-order valence-electron chi connectivity index (χ1n) is 7.11. The lowest BCUT2D eigenvalue weighted by atomic mass is 10.1. The summed E-state index contributed by atoms with van der Waals surface area (Å²) in [6, 6.07) is 5.31. The Morgan fingerprint density at radius 3 is 2.60 bits per heavy atom. The lowest BCUT2D eigenvalue weighted by molar-refractivity contribution is 0.0601. The van der Waals surface area contributed by atoms with Crippen molar-refractivity contribution in [3.63, 3.8) is 0 Å². The van der Waals surface area contributed by atoms with Gasteiger partial charge in [-0.05, 0) is 31.2 Å². The zero-order valence-electron chi connectivity index (χ0n) is 12.3. The van der Waals surface area contributed by atoms with Crippen LogP contribution in [0.2, 0.25) is 0 Å². The van der Waals surface area contributed by atoms with E-state index >= 15 is 0 Å². The Morgan fingerprint density at radius 2 is 2.00 bits per heavy atom. The summed E-state index contributed by atoms with van der Waals surface area (Å²) in [6.07, 6.45) is 1.18. The summed E-state index contributed by atoms with van der Waals surface area (Å²) < 4.78 is 4.76. The van der Waals surface area contributed by atoms with Crippen molar-refractivity contribution in [2.24, 2.45) is 0 Å². The number of carbonyl (C=O) groups is 1. The minimum absolute atomic E-state index is 0.323. The summed E-state index contributed by atoms with van der Waals surface area (Å²) in [5, 5.41) is 0. The zero-order chi connectivity index (χ0) is 14.5. The summed E-state index contributed by atoms with van der Waals surface area (Å²) in [5.74, 6) is -0.323. The molecule has 0 unspecified atom stereocenters. The molecule has 110 valence electrons. The number of nitrogen functional groups attached to an aromatic ring is 1. The third-order valence-corrected chi connectivity index (χ3v) is 3.70. The number of ether oxygens (including phenoxy) is 1. The highest BCUT2D eigenvalue weighted by Gasteiger charge is 2.19. The number of piperazine rings is 1. The minimum Gasteiger partial charge on any atom is -0.465 e. The number of esters is 1. The molecule has 0 amide bonds. The van der Waals surface area contributed by atoms with E-state index in [9.17, 15) is 4.79 Å². The van der Waals surface area contributed by atoms with Gasteiger partial charge in [0, 0.05) is 26.2 Å². The van der Waals surface area contributed by atoms with Crippen molar-refractivity contribution >= 4 is 17.3 Å². The Labute approximate surface area is 120 Å². The van der Waals surface area contributed by atoms with Crippen LogP contribution in [0.1, 0.15) is 23.7 Å². The average molecular weight is 277 g/mol. The van der Waals surface area contributed by atoms with E-state index < -0.39 is 0 Å². The van der Waals surface area contributed by atoms with Gasteiger partial charge >= 0.3 is 5.97 Å². The monoisotopic (exact) mass is 277 g/mol. The lowest BCUT2D eigenvalue weighted by Crippen LogP contribution is -2.46. The Bertz CT molecular complexity index is 468. The molecule has 0 aliphatic carbocycles. The standard InChI is InChI=1S/C15H23N3O2/c1-3-6-17-7-9-18(10-8-17)14-11-12(15(19)20-2)4-5-13(14)16/h4-5,11H,3,6-10,16H2,1-2H3. The predicted molar refractivity (Wildman–Crippen MR) is 81.1 cm³/mol. The molecule has 5 heteroatoms. The molecule has 1 aliphatic rings. The molecule has 5 nitrogen and oxygen atoms in total. The first-order valence-corrected chi connectivity index (χ1v) is 7.11. The molecule has 0 radical (unpaired) electrons. The van der Waals surface area contributed by atoms with Crippen LogP contribution in [0.25, 0.3) is 0 Å². The lowest BCUT2D eigenvalue weighted by Gasteiger charge is -2.36. The van der Waals surface area contributed by atoms with Crippen LogP contribution in [0.5, 0.6) is 0 Å². The number of anilines is 2. The SMILES string of the molecule is CCCN1CCN(c2cc(C(=O)OC)ccc2N)CC1. The van der Waals surface area contributed by atoms with E-state index in [1.807, 2.05) is 6.07 Å². The normalized spacial score (nSPS) is 16.2. The Hall–Kier alpha value is -1.75. The van der Waals surface area contributed by atoms with E-state index in [4.69, 9.17) is 10.5 Å². The van der Waals surface area contributed by atoms with Gasteiger partial charge in [-0.2, -0.15) is 0 Å². The van der Waals surface area contributed by atoms with Gasteiger partial charge < -0.3 is 15.4 Å². The zero-order valence-corrected chi connectivity index (χ0v) is 12.3. The average Bonchev–Trinajstić information content (AvgIpc) is 2.48. The van der Waals surface area contributed by atoms with E-state index in [-0.39, 0.29) is 5.97 Å². The molecule has 0 spiro atoms. The molecular formula is C15H23N3O2. The number of nitrogens with two attached hydrogens (primary N) is 1. The van der Waals surface area contributed by atoms with Gasteiger partial charge in [0.05, 0.1) is 24.0 Å². The van der Waals surface area contributed by atoms with Crippen molar-refractivity contribution in [2.45, 2.75) is 13.3 Å². The first-order chi connectivity index (χ1) is 9.65. The molecule has 2 N–H and O–H groups in total. The number of hydrogen-bond acceptors (Lipinski definition) is 5. The Morgan fingerprint density at radius 1 is 1.30 bits per heavy atom. The van der Waals surface area contributed by atoms with E-state index in [2.05, 4.69) is 16.7 Å². The maximum absolute atomic E-state index is 11.6. The summed E-state index contributed by atoms with van der Waals surface area (Å²) >= 11 is 0. The minimum atomic E-state index is -0.323. The maximum Gasteiger partial charge on any atom is 0.337 e. The van der Waals surface area contributed by atoms with Crippen molar-refractivity contribution in [3.8, 4) is 0 Å². The van der Waals surface area contributed by atoms with Gasteiger partial charge in [-0.15, -0.1) is 0 Å². The van der Waals surface area contributed by atoms with Gasteiger partial charge in [-0.25, -0.2) is 4.79 Å². The number of rotatable bonds is 4. The molecule has 1 fully saturated rings. The molecule has 0 saturated carbocycles. The highest BCUT2D eigenvalue weighted by atomic mass is 16.5. The quantitative estimate of drug-likeness (QED) is 0.669. The number of hydrogen-bond donors (Lipinski definition) is 1. The fourth-order valence-corrected chi connectivity index (χ4v) is 2.59. The van der Waals surface area contributed by atoms with Crippen molar-refractivity contribution in [1.29, 1.82) is 0 Å². The molecule has 20 heavy (non-hydrogen) atoms. The van der Waals surface area contributed by atoms with Gasteiger partial charge in [0.25, 0.3) is 0 Å². The Kier molecular flexibility index (Phi) is 4.84. The van der Waals surface area contributed by atoms with Crippen molar-refractivity contribution < 1.29 is 9.53 Å². The van der Waals surface area contributed by atoms with E-state index in [1.165, 1.54) is 13.5 Å². The molecule has 1 aliphatic heterocycles. The van der Waals surface area contributed by atoms with Gasteiger partial charge in [-0.3, -0.25) is 4.90 Å². The molecule has 0 bridgehead atoms. The van der Waals surface area contributed by atoms with Crippen LogP contribution >= 0.6 is 0 Å². The smallest absolute Gasteiger partial charge is 0.337 e. The number of carbonyl (C=O) groups excluding carboxylic acids is 1. The third-order valence-electron chi connectivity index (χ3n) is 3.70. The molecule has 0 aromatic heterocycles. The highest BCUT2D eigenvalue weighted by molar-refractivity contribution is 5.92. The van der Waals surface area contributed by atoms with Gasteiger partial charge in [0.1, 0.15) is 0 Å². The second-order valence-electron chi connectivity index (χ2n) is 5.09. The van der Waals surface area contributed by atoms with Crippen LogP contribution in [0.15, 0.2) is 18.2 Å². The van der Waals surface area contributed by atoms with Crippen LogP contribution in [0.3, 0.4) is 0 Å². The summed E-state index contributed by atoms with van der Waals surface area (Å²) in [5.41, 5.74) is 8.24. The fourth-order valence-electron chi connectivity index (χ4n) is 2.59. The summed E-state index contributed by atoms with van der Waals surface area (Å²) in [6.45, 7) is 7.30. The molecular weight excluding hydrogens is 254 g/mol. The van der Waals surface area contributed by atoms with E-state index in [0.29, 0.717) is 11.3 Å². The summed E-state index contributed by atoms with van der Waals surface area (Å²) in [4.78, 5) is 16.3.